The first-order valence-corrected chi connectivity index (χ1v) is 5.56. The Hall–Kier alpha value is -1.54. The molecule has 80 valence electrons. The molecule has 0 saturated carbocycles. The van der Waals surface area contributed by atoms with E-state index in [0.717, 1.165) is 22.2 Å². The Kier molecular flexibility index (Phi) is 2.11. The van der Waals surface area contributed by atoms with Crippen molar-refractivity contribution >= 4 is 28.6 Å². The molecule has 1 aliphatic rings. The van der Waals surface area contributed by atoms with E-state index < -0.39 is 0 Å². The lowest BCUT2D eigenvalue weighted by molar-refractivity contribution is 0.269. The van der Waals surface area contributed by atoms with Gasteiger partial charge in [-0.2, -0.15) is 0 Å². The molecular weight excluding hydrogens is 222 g/mol. The number of hydrogen-bond acceptors (Lipinski definition) is 2. The van der Waals surface area contributed by atoms with E-state index in [2.05, 4.69) is 4.98 Å². The van der Waals surface area contributed by atoms with Crippen LogP contribution in [0.2, 0.25) is 5.15 Å². The molecule has 1 aromatic carbocycles. The molecule has 2 aromatic rings. The third-order valence-corrected chi connectivity index (χ3v) is 2.96. The summed E-state index contributed by atoms with van der Waals surface area (Å²) >= 11 is 6.13. The maximum atomic E-state index is 6.13. The van der Waals surface area contributed by atoms with Crippen LogP contribution >= 0.6 is 11.6 Å². The Morgan fingerprint density at radius 1 is 1.31 bits per heavy atom. The van der Waals surface area contributed by atoms with Crippen LogP contribution in [0.25, 0.3) is 17.0 Å². The third-order valence-electron chi connectivity index (χ3n) is 2.67. The minimum absolute atomic E-state index is 0.0781. The number of rotatable bonds is 0. The lowest BCUT2D eigenvalue weighted by Gasteiger charge is -2.20. The van der Waals surface area contributed by atoms with Gasteiger partial charge >= 0.3 is 0 Å². The summed E-state index contributed by atoms with van der Waals surface area (Å²) in [6.07, 6.45) is 4.03. The fourth-order valence-electron chi connectivity index (χ4n) is 1.90. The van der Waals surface area contributed by atoms with Gasteiger partial charge in [0.2, 0.25) is 0 Å². The van der Waals surface area contributed by atoms with E-state index in [-0.39, 0.29) is 6.10 Å². The van der Waals surface area contributed by atoms with Crippen molar-refractivity contribution in [1.29, 1.82) is 0 Å². The van der Waals surface area contributed by atoms with Crippen molar-refractivity contribution in [3.05, 3.63) is 41.1 Å². The van der Waals surface area contributed by atoms with Crippen molar-refractivity contribution in [3.8, 4) is 5.75 Å². The number of pyridine rings is 1. The molecule has 0 fully saturated rings. The molecule has 1 aliphatic heterocycles. The van der Waals surface area contributed by atoms with E-state index >= 15 is 0 Å². The van der Waals surface area contributed by atoms with Gasteiger partial charge in [0.15, 0.2) is 0 Å². The number of benzene rings is 1. The van der Waals surface area contributed by atoms with Crippen LogP contribution in [0.1, 0.15) is 12.5 Å². The van der Waals surface area contributed by atoms with Crippen LogP contribution in [-0.4, -0.2) is 11.1 Å². The minimum Gasteiger partial charge on any atom is -0.485 e. The molecule has 0 radical (unpaired) electrons. The topological polar surface area (TPSA) is 22.1 Å². The quantitative estimate of drug-likeness (QED) is 0.646. The van der Waals surface area contributed by atoms with Gasteiger partial charge in [0.25, 0.3) is 0 Å². The lowest BCUT2D eigenvalue weighted by Crippen LogP contribution is -2.13. The molecule has 3 heteroatoms. The Balaban J connectivity index is 2.39. The average molecular weight is 232 g/mol. The van der Waals surface area contributed by atoms with Gasteiger partial charge in [0.1, 0.15) is 17.0 Å². The van der Waals surface area contributed by atoms with E-state index in [1.807, 2.05) is 43.3 Å². The molecule has 0 aliphatic carbocycles. The highest BCUT2D eigenvalue weighted by molar-refractivity contribution is 6.31. The highest BCUT2D eigenvalue weighted by Crippen LogP contribution is 2.37. The molecular formula is C13H10ClNO. The largest absolute Gasteiger partial charge is 0.485 e. The number of fused-ring (bicyclic) bond motifs is 3. The lowest BCUT2D eigenvalue weighted by atomic mass is 10.1. The van der Waals surface area contributed by atoms with Crippen LogP contribution in [-0.2, 0) is 0 Å². The molecule has 3 rings (SSSR count). The van der Waals surface area contributed by atoms with Gasteiger partial charge in [-0.15, -0.1) is 0 Å². The predicted molar refractivity (Wildman–Crippen MR) is 65.9 cm³/mol. The van der Waals surface area contributed by atoms with E-state index in [4.69, 9.17) is 16.3 Å². The van der Waals surface area contributed by atoms with Gasteiger partial charge in [-0.05, 0) is 31.2 Å². The number of halogens is 1. The first kappa shape index (κ1) is 9.67. The van der Waals surface area contributed by atoms with E-state index in [9.17, 15) is 0 Å². The second-order valence-corrected chi connectivity index (χ2v) is 4.20. The summed E-state index contributed by atoms with van der Waals surface area (Å²) < 4.78 is 5.81. The summed E-state index contributed by atoms with van der Waals surface area (Å²) in [7, 11) is 0. The highest BCUT2D eigenvalue weighted by atomic mass is 35.5. The van der Waals surface area contributed by atoms with Crippen molar-refractivity contribution < 1.29 is 4.74 Å². The zero-order valence-corrected chi connectivity index (χ0v) is 9.53. The van der Waals surface area contributed by atoms with Gasteiger partial charge in [-0.25, -0.2) is 4.98 Å². The van der Waals surface area contributed by atoms with Crippen LogP contribution < -0.4 is 4.74 Å². The van der Waals surface area contributed by atoms with Crippen molar-refractivity contribution in [2.24, 2.45) is 0 Å². The van der Waals surface area contributed by atoms with Crippen molar-refractivity contribution in [2.75, 3.05) is 0 Å². The van der Waals surface area contributed by atoms with E-state index in [0.29, 0.717) is 5.15 Å². The Morgan fingerprint density at radius 2 is 2.12 bits per heavy atom. The molecule has 0 N–H and O–H groups in total. The van der Waals surface area contributed by atoms with Crippen molar-refractivity contribution in [1.82, 2.24) is 4.98 Å². The normalized spacial score (nSPS) is 18.2. The number of nitrogens with zero attached hydrogens (tertiary/aromatic N) is 1. The van der Waals surface area contributed by atoms with Crippen molar-refractivity contribution in [3.63, 3.8) is 0 Å². The molecule has 0 bridgehead atoms. The van der Waals surface area contributed by atoms with Gasteiger partial charge in [0.05, 0.1) is 11.1 Å². The monoisotopic (exact) mass is 231 g/mol. The minimum atomic E-state index is 0.0781. The van der Waals surface area contributed by atoms with Gasteiger partial charge < -0.3 is 4.74 Å². The van der Waals surface area contributed by atoms with Crippen LogP contribution in [0.4, 0.5) is 0 Å². The first-order valence-electron chi connectivity index (χ1n) is 5.19. The Morgan fingerprint density at radius 3 is 3.00 bits per heavy atom. The molecule has 16 heavy (non-hydrogen) atoms. The Bertz CT molecular complexity index is 592. The van der Waals surface area contributed by atoms with Crippen LogP contribution in [0.5, 0.6) is 5.75 Å². The smallest absolute Gasteiger partial charge is 0.140 e. The molecule has 0 spiro atoms. The maximum absolute atomic E-state index is 6.13. The molecule has 2 heterocycles. The van der Waals surface area contributed by atoms with Gasteiger partial charge in [-0.3, -0.25) is 0 Å². The number of hydrogen-bond donors (Lipinski definition) is 0. The number of ether oxygens (including phenoxy) is 1. The standard InChI is InChI=1S/C13H10ClNO/c1-8-6-7-10-12(16-8)9-4-2-3-5-11(9)15-13(10)14/h2-8H,1H3. The van der Waals surface area contributed by atoms with Gasteiger partial charge in [-0.1, -0.05) is 23.7 Å². The summed E-state index contributed by atoms with van der Waals surface area (Å²) in [5.41, 5.74) is 1.74. The summed E-state index contributed by atoms with van der Waals surface area (Å²) in [5, 5.41) is 1.51. The van der Waals surface area contributed by atoms with Crippen LogP contribution in [0.3, 0.4) is 0 Å². The number of aromatic nitrogens is 1. The van der Waals surface area contributed by atoms with Crippen molar-refractivity contribution in [2.45, 2.75) is 13.0 Å². The fraction of sp³-hybridized carbons (Fsp3) is 0.154. The van der Waals surface area contributed by atoms with Crippen LogP contribution in [0.15, 0.2) is 30.3 Å². The molecule has 1 atom stereocenters. The molecule has 2 nitrogen and oxygen atoms in total. The second-order valence-electron chi connectivity index (χ2n) is 3.84. The van der Waals surface area contributed by atoms with E-state index in [1.165, 1.54) is 0 Å². The molecule has 0 saturated heterocycles. The average Bonchev–Trinajstić information content (AvgIpc) is 2.29. The molecule has 0 amide bonds. The highest BCUT2D eigenvalue weighted by Gasteiger charge is 2.17. The first-order chi connectivity index (χ1) is 7.75. The van der Waals surface area contributed by atoms with Gasteiger partial charge in [0, 0.05) is 5.39 Å². The van der Waals surface area contributed by atoms with E-state index in [1.54, 1.807) is 0 Å². The molecule has 1 aromatic heterocycles. The third kappa shape index (κ3) is 1.38. The SMILES string of the molecule is CC1C=Cc2c(Cl)nc3ccccc3c2O1. The summed E-state index contributed by atoms with van der Waals surface area (Å²) in [5.74, 6) is 0.839. The fourth-order valence-corrected chi connectivity index (χ4v) is 2.14. The zero-order valence-electron chi connectivity index (χ0n) is 8.77. The summed E-state index contributed by atoms with van der Waals surface area (Å²) in [4.78, 5) is 4.35. The maximum Gasteiger partial charge on any atom is 0.140 e. The predicted octanol–water partition coefficient (Wildman–Crippen LogP) is 3.68. The summed E-state index contributed by atoms with van der Waals surface area (Å²) in [6.45, 7) is 2.00. The zero-order chi connectivity index (χ0) is 11.1. The Labute approximate surface area is 98.5 Å². The van der Waals surface area contributed by atoms with Crippen LogP contribution in [0, 0.1) is 0 Å². The molecule has 1 unspecified atom stereocenters. The summed E-state index contributed by atoms with van der Waals surface area (Å²) in [6, 6.07) is 7.86. The second kappa shape index (κ2) is 3.49. The number of para-hydroxylation sites is 1.